The van der Waals surface area contributed by atoms with Crippen molar-refractivity contribution in [3.8, 4) is 5.75 Å². The van der Waals surface area contributed by atoms with E-state index in [-0.39, 0.29) is 12.1 Å². The van der Waals surface area contributed by atoms with Gasteiger partial charge in [0, 0.05) is 10.6 Å². The lowest BCUT2D eigenvalue weighted by molar-refractivity contribution is 0.0328. The normalized spacial score (nSPS) is 24.5. The van der Waals surface area contributed by atoms with Gasteiger partial charge in [0.15, 0.2) is 0 Å². The largest absolute Gasteiger partial charge is 0.495 e. The highest BCUT2D eigenvalue weighted by atomic mass is 79.9. The number of likely N-dealkylation sites (N-methyl/N-ethyl adjacent to an activating group) is 1. The maximum Gasteiger partial charge on any atom is 0.138 e. The third-order valence-corrected chi connectivity index (χ3v) is 4.33. The third kappa shape index (κ3) is 3.24. The molecule has 1 saturated heterocycles. The quantitative estimate of drug-likeness (QED) is 0.894. The first kappa shape index (κ1) is 15.1. The number of methoxy groups -OCH3 is 1. The predicted molar refractivity (Wildman–Crippen MR) is 81.1 cm³/mol. The molecular weight excluding hydrogens is 330 g/mol. The molecule has 1 N–H and O–H groups in total. The molecule has 1 heterocycles. The Morgan fingerprint density at radius 3 is 2.74 bits per heavy atom. The molecule has 3 atom stereocenters. The Hall–Kier alpha value is -0.290. The fourth-order valence-electron chi connectivity index (χ4n) is 2.65. The molecule has 1 fully saturated rings. The summed E-state index contributed by atoms with van der Waals surface area (Å²) in [4.78, 5) is 0. The summed E-state index contributed by atoms with van der Waals surface area (Å²) in [7, 11) is 3.60. The summed E-state index contributed by atoms with van der Waals surface area (Å²) in [6.45, 7) is 2.11. The molecule has 19 heavy (non-hydrogen) atoms. The van der Waals surface area contributed by atoms with Crippen molar-refractivity contribution < 1.29 is 9.47 Å². The molecule has 1 aromatic rings. The summed E-state index contributed by atoms with van der Waals surface area (Å²) in [5, 5.41) is 4.01. The van der Waals surface area contributed by atoms with E-state index in [9.17, 15) is 0 Å². The molecule has 1 aliphatic heterocycles. The van der Waals surface area contributed by atoms with Gasteiger partial charge in [0.25, 0.3) is 0 Å². The van der Waals surface area contributed by atoms with Crippen LogP contribution < -0.4 is 10.1 Å². The van der Waals surface area contributed by atoms with Crippen molar-refractivity contribution in [2.24, 2.45) is 0 Å². The highest BCUT2D eigenvalue weighted by Gasteiger charge is 2.32. The van der Waals surface area contributed by atoms with Crippen LogP contribution in [0.2, 0.25) is 5.02 Å². The number of rotatable bonds is 4. The Bertz CT molecular complexity index is 455. The number of ether oxygens (including phenoxy) is 2. The zero-order chi connectivity index (χ0) is 14.0. The smallest absolute Gasteiger partial charge is 0.138 e. The third-order valence-electron chi connectivity index (χ3n) is 3.52. The molecule has 1 aliphatic rings. The maximum absolute atomic E-state index is 6.16. The maximum atomic E-state index is 6.16. The van der Waals surface area contributed by atoms with E-state index in [0.29, 0.717) is 11.1 Å². The van der Waals surface area contributed by atoms with E-state index in [1.54, 1.807) is 7.11 Å². The molecule has 0 saturated carbocycles. The fraction of sp³-hybridized carbons (Fsp3) is 0.571. The number of nitrogens with one attached hydrogen (secondary N) is 1. The summed E-state index contributed by atoms with van der Waals surface area (Å²) in [6, 6.07) is 3.86. The molecule has 0 spiro atoms. The fourth-order valence-corrected chi connectivity index (χ4v) is 3.64. The van der Waals surface area contributed by atoms with Gasteiger partial charge in [-0.05, 0) is 54.9 Å². The lowest BCUT2D eigenvalue weighted by Gasteiger charge is -2.26. The molecule has 0 aromatic heterocycles. The minimum Gasteiger partial charge on any atom is -0.495 e. The van der Waals surface area contributed by atoms with Crippen LogP contribution in [0.5, 0.6) is 5.75 Å². The average molecular weight is 349 g/mol. The number of benzene rings is 1. The Balaban J connectivity index is 2.37. The second-order valence-corrected chi connectivity index (χ2v) is 6.13. The van der Waals surface area contributed by atoms with E-state index in [1.807, 2.05) is 19.2 Å². The molecule has 0 aliphatic carbocycles. The van der Waals surface area contributed by atoms with E-state index in [1.165, 1.54) is 0 Å². The summed E-state index contributed by atoms with van der Waals surface area (Å²) >= 11 is 9.66. The molecule has 0 bridgehead atoms. The monoisotopic (exact) mass is 347 g/mol. The van der Waals surface area contributed by atoms with Crippen LogP contribution in [-0.2, 0) is 4.74 Å². The molecule has 5 heteroatoms. The van der Waals surface area contributed by atoms with E-state index in [4.69, 9.17) is 21.1 Å². The number of hydrogen-bond acceptors (Lipinski definition) is 3. The van der Waals surface area contributed by atoms with Crippen LogP contribution in [0, 0.1) is 0 Å². The van der Waals surface area contributed by atoms with Crippen LogP contribution in [0.3, 0.4) is 0 Å². The first-order valence-corrected chi connectivity index (χ1v) is 7.59. The van der Waals surface area contributed by atoms with E-state index >= 15 is 0 Å². The minimum absolute atomic E-state index is 0.0786. The van der Waals surface area contributed by atoms with Crippen LogP contribution in [0.25, 0.3) is 0 Å². The van der Waals surface area contributed by atoms with Crippen molar-refractivity contribution >= 4 is 27.5 Å². The van der Waals surface area contributed by atoms with Gasteiger partial charge in [0.05, 0.1) is 29.8 Å². The summed E-state index contributed by atoms with van der Waals surface area (Å²) in [6.07, 6.45) is 2.60. The second kappa shape index (κ2) is 6.44. The molecule has 106 valence electrons. The van der Waals surface area contributed by atoms with Gasteiger partial charge < -0.3 is 14.8 Å². The predicted octanol–water partition coefficient (Wildman–Crippen LogP) is 3.94. The van der Waals surface area contributed by atoms with Gasteiger partial charge in [-0.15, -0.1) is 0 Å². The number of halogens is 2. The van der Waals surface area contributed by atoms with E-state index < -0.39 is 0 Å². The summed E-state index contributed by atoms with van der Waals surface area (Å²) < 4.78 is 12.3. The molecule has 3 nitrogen and oxygen atoms in total. The number of hydrogen-bond donors (Lipinski definition) is 1. The van der Waals surface area contributed by atoms with Gasteiger partial charge in [0.1, 0.15) is 5.75 Å². The van der Waals surface area contributed by atoms with Crippen LogP contribution in [0.15, 0.2) is 16.6 Å². The zero-order valence-electron chi connectivity index (χ0n) is 11.4. The Kier molecular flexibility index (Phi) is 5.12. The molecule has 1 aromatic carbocycles. The highest BCUT2D eigenvalue weighted by molar-refractivity contribution is 9.10. The van der Waals surface area contributed by atoms with Crippen LogP contribution >= 0.6 is 27.5 Å². The second-order valence-electron chi connectivity index (χ2n) is 4.84. The van der Waals surface area contributed by atoms with Crippen molar-refractivity contribution in [2.45, 2.75) is 38.0 Å². The summed E-state index contributed by atoms with van der Waals surface area (Å²) in [5.74, 6) is 0.812. The highest BCUT2D eigenvalue weighted by Crippen LogP contribution is 2.39. The van der Waals surface area contributed by atoms with Crippen molar-refractivity contribution in [2.75, 3.05) is 14.2 Å². The topological polar surface area (TPSA) is 30.5 Å². The standard InChI is InChI=1S/C14H19BrClNO2/c1-8-4-5-12(19-8)13(17-2)10-6-9(16)7-11(15)14(10)18-3/h6-8,12-13,17H,4-5H2,1-3H3. The SMILES string of the molecule is CNC(c1cc(Cl)cc(Br)c1OC)C1CCC(C)O1. The first-order valence-electron chi connectivity index (χ1n) is 6.42. The molecule has 0 radical (unpaired) electrons. The lowest BCUT2D eigenvalue weighted by Crippen LogP contribution is -2.30. The first-order chi connectivity index (χ1) is 9.06. The molecule has 0 amide bonds. The van der Waals surface area contributed by atoms with Crippen LogP contribution in [0.4, 0.5) is 0 Å². The van der Waals surface area contributed by atoms with Gasteiger partial charge in [0.2, 0.25) is 0 Å². The molecule has 2 rings (SSSR count). The van der Waals surface area contributed by atoms with Crippen molar-refractivity contribution in [3.05, 3.63) is 27.2 Å². The van der Waals surface area contributed by atoms with Gasteiger partial charge in [-0.25, -0.2) is 0 Å². The molecule has 3 unspecified atom stereocenters. The van der Waals surface area contributed by atoms with Crippen molar-refractivity contribution in [3.63, 3.8) is 0 Å². The Morgan fingerprint density at radius 1 is 1.47 bits per heavy atom. The van der Waals surface area contributed by atoms with Crippen LogP contribution in [-0.4, -0.2) is 26.4 Å². The lowest BCUT2D eigenvalue weighted by atomic mass is 9.98. The van der Waals surface area contributed by atoms with Gasteiger partial charge in [-0.3, -0.25) is 0 Å². The van der Waals surface area contributed by atoms with Gasteiger partial charge in [-0.2, -0.15) is 0 Å². The zero-order valence-corrected chi connectivity index (χ0v) is 13.7. The van der Waals surface area contributed by atoms with Gasteiger partial charge in [-0.1, -0.05) is 11.6 Å². The Labute approximate surface area is 127 Å². The van der Waals surface area contributed by atoms with E-state index in [0.717, 1.165) is 28.6 Å². The Morgan fingerprint density at radius 2 is 2.21 bits per heavy atom. The van der Waals surface area contributed by atoms with E-state index in [2.05, 4.69) is 28.2 Å². The van der Waals surface area contributed by atoms with Crippen molar-refractivity contribution in [1.29, 1.82) is 0 Å². The van der Waals surface area contributed by atoms with Crippen molar-refractivity contribution in [1.82, 2.24) is 5.32 Å². The average Bonchev–Trinajstić information content (AvgIpc) is 2.76. The van der Waals surface area contributed by atoms with Gasteiger partial charge >= 0.3 is 0 Å². The van der Waals surface area contributed by atoms with Crippen LogP contribution in [0.1, 0.15) is 31.4 Å². The molecular formula is C14H19BrClNO2. The summed E-state index contributed by atoms with van der Waals surface area (Å²) in [5.41, 5.74) is 1.03. The minimum atomic E-state index is 0.0786.